The summed E-state index contributed by atoms with van der Waals surface area (Å²) in [5.41, 5.74) is 3.50. The zero-order chi connectivity index (χ0) is 32.5. The smallest absolute Gasteiger partial charge is 0.401 e. The summed E-state index contributed by atoms with van der Waals surface area (Å²) < 4.78 is 65.8. The molecule has 4 aromatic rings. The largest absolute Gasteiger partial charge is 0.496 e. The van der Waals surface area contributed by atoms with Crippen LogP contribution in [0.3, 0.4) is 0 Å². The summed E-state index contributed by atoms with van der Waals surface area (Å²) in [7, 11) is 2.98. The molecule has 0 saturated carbocycles. The van der Waals surface area contributed by atoms with Crippen molar-refractivity contribution in [2.45, 2.75) is 38.5 Å². The second kappa shape index (κ2) is 12.8. The number of nitrogens with one attached hydrogen (secondary N) is 1. The molecule has 5 rings (SSSR count). The Balaban J connectivity index is 1.56. The summed E-state index contributed by atoms with van der Waals surface area (Å²) in [6.07, 6.45) is -4.04. The number of carboxylic acids is 1. The van der Waals surface area contributed by atoms with E-state index in [1.54, 1.807) is 31.2 Å². The van der Waals surface area contributed by atoms with Gasteiger partial charge < -0.3 is 19.9 Å². The molecule has 11 heteroatoms. The first-order valence-electron chi connectivity index (χ1n) is 14.3. The van der Waals surface area contributed by atoms with Crippen LogP contribution in [0.15, 0.2) is 60.7 Å². The average Bonchev–Trinajstić information content (AvgIpc) is 2.98. The lowest BCUT2D eigenvalue weighted by Gasteiger charge is -2.32. The summed E-state index contributed by atoms with van der Waals surface area (Å²) in [5, 5.41) is 13.9. The molecule has 1 aliphatic rings. The number of halogens is 4. The van der Waals surface area contributed by atoms with Gasteiger partial charge in [-0.3, -0.25) is 9.69 Å². The van der Waals surface area contributed by atoms with E-state index < -0.39 is 36.5 Å². The third kappa shape index (κ3) is 6.58. The van der Waals surface area contributed by atoms with Gasteiger partial charge in [0.2, 0.25) is 0 Å². The zero-order valence-corrected chi connectivity index (χ0v) is 24.9. The van der Waals surface area contributed by atoms with E-state index in [4.69, 9.17) is 9.47 Å². The highest BCUT2D eigenvalue weighted by Crippen LogP contribution is 2.47. The maximum Gasteiger partial charge on any atom is 0.401 e. The minimum atomic E-state index is -4.34. The fraction of sp³-hybridized carbons (Fsp3) is 0.294. The van der Waals surface area contributed by atoms with Gasteiger partial charge >= 0.3 is 12.1 Å². The molecule has 0 unspecified atom stereocenters. The number of nitrogens with zero attached hydrogens (tertiary/aromatic N) is 1. The fourth-order valence-electron chi connectivity index (χ4n) is 6.07. The maximum absolute atomic E-state index is 14.4. The van der Waals surface area contributed by atoms with Crippen molar-refractivity contribution >= 4 is 22.6 Å². The minimum Gasteiger partial charge on any atom is -0.496 e. The van der Waals surface area contributed by atoms with E-state index in [1.165, 1.54) is 25.2 Å². The van der Waals surface area contributed by atoms with Gasteiger partial charge in [0.1, 0.15) is 23.4 Å². The number of methoxy groups -OCH3 is 2. The number of fused-ring (bicyclic) bond motifs is 2. The standard InChI is InChI=1S/C34H32F4N2O5/c1-19-7-4-12-26(35)29(19)32(41)39-27(33(42)43)15-20-8-5-10-23-22(20)9-6-11-24(23)30-28(44-2)16-21-13-14-40(18-34(36,37)38)17-25(21)31(30)45-3/h4-12,16,27H,13-15,17-18H2,1-3H3,(H,39,41)(H,42,43)/t27-/m0/s1. The molecule has 0 saturated heterocycles. The number of ether oxygens (including phenoxy) is 2. The molecule has 2 N–H and O–H groups in total. The Labute approximate surface area is 257 Å². The van der Waals surface area contributed by atoms with E-state index in [1.807, 2.05) is 24.3 Å². The van der Waals surface area contributed by atoms with Crippen LogP contribution in [-0.4, -0.2) is 61.4 Å². The van der Waals surface area contributed by atoms with Crippen LogP contribution in [0.25, 0.3) is 21.9 Å². The van der Waals surface area contributed by atoms with E-state index in [0.29, 0.717) is 51.1 Å². The van der Waals surface area contributed by atoms with E-state index in [-0.39, 0.29) is 25.1 Å². The highest BCUT2D eigenvalue weighted by molar-refractivity contribution is 6.02. The first-order chi connectivity index (χ1) is 21.4. The third-order valence-electron chi connectivity index (χ3n) is 8.10. The lowest BCUT2D eigenvalue weighted by Crippen LogP contribution is -2.42. The van der Waals surface area contributed by atoms with Crippen LogP contribution >= 0.6 is 0 Å². The number of rotatable bonds is 9. The molecule has 236 valence electrons. The Morgan fingerprint density at radius 2 is 1.73 bits per heavy atom. The molecular formula is C34H32F4N2O5. The molecule has 1 heterocycles. The third-order valence-corrected chi connectivity index (χ3v) is 8.10. The number of carbonyl (C=O) groups is 2. The van der Waals surface area contributed by atoms with Gasteiger partial charge in [-0.05, 0) is 58.5 Å². The van der Waals surface area contributed by atoms with Crippen LogP contribution in [0.1, 0.15) is 32.6 Å². The van der Waals surface area contributed by atoms with Crippen LogP contribution in [0, 0.1) is 12.7 Å². The van der Waals surface area contributed by atoms with Crippen LogP contribution in [0.5, 0.6) is 11.5 Å². The van der Waals surface area contributed by atoms with Crippen LogP contribution in [0.2, 0.25) is 0 Å². The number of hydrogen-bond acceptors (Lipinski definition) is 5. The van der Waals surface area contributed by atoms with E-state index in [0.717, 1.165) is 17.0 Å². The van der Waals surface area contributed by atoms with Gasteiger partial charge in [0.05, 0.1) is 31.9 Å². The summed E-state index contributed by atoms with van der Waals surface area (Å²) >= 11 is 0. The fourth-order valence-corrected chi connectivity index (χ4v) is 6.07. The van der Waals surface area contributed by atoms with Crippen LogP contribution in [0.4, 0.5) is 17.6 Å². The van der Waals surface area contributed by atoms with Gasteiger partial charge in [-0.15, -0.1) is 0 Å². The summed E-state index contributed by atoms with van der Waals surface area (Å²) in [4.78, 5) is 26.5. The topological polar surface area (TPSA) is 88.1 Å². The minimum absolute atomic E-state index is 0.0481. The number of carboxylic acid groups (broad SMARTS) is 1. The first kappa shape index (κ1) is 31.8. The van der Waals surface area contributed by atoms with Gasteiger partial charge in [0, 0.05) is 25.1 Å². The molecule has 4 aromatic carbocycles. The summed E-state index contributed by atoms with van der Waals surface area (Å²) in [5.74, 6) is -1.97. The van der Waals surface area contributed by atoms with E-state index in [9.17, 15) is 32.3 Å². The average molecular weight is 625 g/mol. The zero-order valence-electron chi connectivity index (χ0n) is 24.9. The Kier molecular flexibility index (Phi) is 9.01. The van der Waals surface area contributed by atoms with Crippen molar-refractivity contribution < 1.29 is 41.7 Å². The molecule has 1 aliphatic heterocycles. The van der Waals surface area contributed by atoms with Crippen molar-refractivity contribution in [2.75, 3.05) is 27.3 Å². The molecule has 1 amide bonds. The van der Waals surface area contributed by atoms with Crippen LogP contribution < -0.4 is 14.8 Å². The highest BCUT2D eigenvalue weighted by Gasteiger charge is 2.34. The Bertz CT molecular complexity index is 1750. The Morgan fingerprint density at radius 1 is 1.02 bits per heavy atom. The second-order valence-electron chi connectivity index (χ2n) is 11.0. The van der Waals surface area contributed by atoms with Crippen molar-refractivity contribution in [3.05, 3.63) is 94.3 Å². The summed E-state index contributed by atoms with van der Waals surface area (Å²) in [6, 6.07) is 15.4. The molecule has 7 nitrogen and oxygen atoms in total. The molecule has 0 fully saturated rings. The molecule has 0 spiro atoms. The predicted molar refractivity (Wildman–Crippen MR) is 161 cm³/mol. The number of carbonyl (C=O) groups excluding carboxylic acids is 1. The number of hydrogen-bond donors (Lipinski definition) is 2. The van der Waals surface area contributed by atoms with E-state index in [2.05, 4.69) is 5.32 Å². The van der Waals surface area contributed by atoms with Crippen molar-refractivity contribution in [2.24, 2.45) is 0 Å². The SMILES string of the molecule is COc1cc2c(c(OC)c1-c1cccc3c(C[C@H](NC(=O)c4c(C)cccc4F)C(=O)O)cccc13)CN(CC(F)(F)F)CC2. The quantitative estimate of drug-likeness (QED) is 0.212. The van der Waals surface area contributed by atoms with Gasteiger partial charge in [0.15, 0.2) is 0 Å². The molecule has 0 bridgehead atoms. The predicted octanol–water partition coefficient (Wildman–Crippen LogP) is 6.32. The second-order valence-corrected chi connectivity index (χ2v) is 11.0. The van der Waals surface area contributed by atoms with E-state index >= 15 is 0 Å². The number of amides is 1. The number of aliphatic carboxylic acids is 1. The van der Waals surface area contributed by atoms with Gasteiger partial charge in [-0.25, -0.2) is 9.18 Å². The van der Waals surface area contributed by atoms with Gasteiger partial charge in [-0.1, -0.05) is 48.5 Å². The molecular weight excluding hydrogens is 592 g/mol. The van der Waals surface area contributed by atoms with Crippen molar-refractivity contribution in [1.29, 1.82) is 0 Å². The monoisotopic (exact) mass is 624 g/mol. The van der Waals surface area contributed by atoms with Crippen LogP contribution in [-0.2, 0) is 24.2 Å². The van der Waals surface area contributed by atoms with Crippen molar-refractivity contribution in [1.82, 2.24) is 10.2 Å². The number of alkyl halides is 3. The lowest BCUT2D eigenvalue weighted by atomic mass is 9.88. The first-order valence-corrected chi connectivity index (χ1v) is 14.3. The molecule has 0 aliphatic carbocycles. The Morgan fingerprint density at radius 3 is 2.40 bits per heavy atom. The number of aryl methyl sites for hydroxylation is 1. The maximum atomic E-state index is 14.4. The molecule has 45 heavy (non-hydrogen) atoms. The van der Waals surface area contributed by atoms with Gasteiger partial charge in [-0.2, -0.15) is 13.2 Å². The highest BCUT2D eigenvalue weighted by atomic mass is 19.4. The lowest BCUT2D eigenvalue weighted by molar-refractivity contribution is -0.147. The molecule has 0 radical (unpaired) electrons. The van der Waals surface area contributed by atoms with Gasteiger partial charge in [0.25, 0.3) is 5.91 Å². The molecule has 0 aromatic heterocycles. The Hall–Kier alpha value is -4.64. The van der Waals surface area contributed by atoms with Crippen molar-refractivity contribution in [3.63, 3.8) is 0 Å². The van der Waals surface area contributed by atoms with Crippen molar-refractivity contribution in [3.8, 4) is 22.6 Å². The molecule has 1 atom stereocenters. The summed E-state index contributed by atoms with van der Waals surface area (Å²) in [6.45, 7) is 0.823. The number of benzene rings is 4. The normalized spacial score (nSPS) is 14.1.